The van der Waals surface area contributed by atoms with Crippen LogP contribution in [-0.4, -0.2) is 33.6 Å². The standard InChI is InChI=1S/C6H5.C4H6O2.Sn/c1-2-4-6-5-3-1;1-3(2)4(5)6;/h1-5H;1H2,2H3,(H,5,6);. The van der Waals surface area contributed by atoms with Crippen molar-refractivity contribution < 1.29 is 9.90 Å². The summed E-state index contributed by atoms with van der Waals surface area (Å²) in [6.45, 7) is 4.60. The van der Waals surface area contributed by atoms with Crippen molar-refractivity contribution in [2.45, 2.75) is 6.92 Å². The van der Waals surface area contributed by atoms with Crippen LogP contribution < -0.4 is 3.58 Å². The first-order valence-corrected chi connectivity index (χ1v) is 5.12. The molecular formula is C10H11O2Sn. The normalized spacial score (nSPS) is 8.15. The Morgan fingerprint density at radius 1 is 1.38 bits per heavy atom. The van der Waals surface area contributed by atoms with Gasteiger partial charge in [0.1, 0.15) is 0 Å². The molecule has 0 fully saturated rings. The number of hydrogen-bond acceptors (Lipinski definition) is 1. The second-order valence-electron chi connectivity index (χ2n) is 2.45. The maximum absolute atomic E-state index is 9.60. The molecule has 3 heteroatoms. The SMILES string of the molecule is C=C(C)C(=O)O.[Sn][c]1ccccc1. The Morgan fingerprint density at radius 3 is 1.92 bits per heavy atom. The summed E-state index contributed by atoms with van der Waals surface area (Å²) in [6.07, 6.45) is 0. The van der Waals surface area contributed by atoms with Gasteiger partial charge in [-0.05, 0) is 6.92 Å². The zero-order valence-electron chi connectivity index (χ0n) is 7.45. The van der Waals surface area contributed by atoms with Crippen LogP contribution in [0.1, 0.15) is 6.92 Å². The molecule has 3 radical (unpaired) electrons. The van der Waals surface area contributed by atoms with E-state index in [1.807, 2.05) is 6.07 Å². The molecule has 0 aliphatic carbocycles. The van der Waals surface area contributed by atoms with Crippen molar-refractivity contribution in [3.63, 3.8) is 0 Å². The minimum atomic E-state index is -0.935. The van der Waals surface area contributed by atoms with Crippen molar-refractivity contribution in [3.8, 4) is 0 Å². The van der Waals surface area contributed by atoms with Crippen LogP contribution in [0.4, 0.5) is 0 Å². The van der Waals surface area contributed by atoms with E-state index in [4.69, 9.17) is 5.11 Å². The molecule has 1 aromatic carbocycles. The Morgan fingerprint density at radius 2 is 1.77 bits per heavy atom. The zero-order chi connectivity index (χ0) is 10.3. The fourth-order valence-electron chi connectivity index (χ4n) is 0.438. The van der Waals surface area contributed by atoms with Crippen LogP contribution in [0.25, 0.3) is 0 Å². The summed E-state index contributed by atoms with van der Waals surface area (Å²) < 4.78 is 1.41. The van der Waals surface area contributed by atoms with Crippen molar-refractivity contribution in [2.75, 3.05) is 0 Å². The van der Waals surface area contributed by atoms with E-state index >= 15 is 0 Å². The van der Waals surface area contributed by atoms with Crippen molar-refractivity contribution in [3.05, 3.63) is 42.5 Å². The van der Waals surface area contributed by atoms with Crippen LogP contribution in [0.2, 0.25) is 0 Å². The molecule has 13 heavy (non-hydrogen) atoms. The molecule has 0 atom stereocenters. The Labute approximate surface area is 91.4 Å². The molecule has 0 bridgehead atoms. The summed E-state index contributed by atoms with van der Waals surface area (Å²) in [6, 6.07) is 10.4. The molecule has 0 aromatic heterocycles. The van der Waals surface area contributed by atoms with Crippen LogP contribution in [-0.2, 0) is 4.79 Å². The molecule has 0 spiro atoms. The van der Waals surface area contributed by atoms with Gasteiger partial charge in [-0.2, -0.15) is 0 Å². The van der Waals surface area contributed by atoms with E-state index in [0.717, 1.165) is 0 Å². The first-order chi connectivity index (χ1) is 6.04. The van der Waals surface area contributed by atoms with Gasteiger partial charge < -0.3 is 5.11 Å². The maximum atomic E-state index is 9.60. The monoisotopic (exact) mass is 283 g/mol. The second-order valence-corrected chi connectivity index (χ2v) is 4.10. The average Bonchev–Trinajstić information content (AvgIpc) is 2.06. The first kappa shape index (κ1) is 12.2. The summed E-state index contributed by atoms with van der Waals surface area (Å²) in [5, 5.41) is 7.89. The number of carbonyl (C=O) groups is 1. The molecule has 1 aromatic rings. The Kier molecular flexibility index (Phi) is 6.31. The van der Waals surface area contributed by atoms with E-state index in [0.29, 0.717) is 0 Å². The number of hydrogen-bond donors (Lipinski definition) is 1. The van der Waals surface area contributed by atoms with Crippen LogP contribution in [0.3, 0.4) is 0 Å². The fourth-order valence-corrected chi connectivity index (χ4v) is 0.987. The number of benzene rings is 1. The molecule has 0 aliphatic heterocycles. The third-order valence-corrected chi connectivity index (χ3v) is 2.09. The van der Waals surface area contributed by atoms with E-state index in [9.17, 15) is 4.79 Å². The van der Waals surface area contributed by atoms with E-state index in [2.05, 4.69) is 30.8 Å². The summed E-state index contributed by atoms with van der Waals surface area (Å²) >= 11 is 1.49. The predicted molar refractivity (Wildman–Crippen MR) is 54.3 cm³/mol. The van der Waals surface area contributed by atoms with Gasteiger partial charge in [-0.1, -0.05) is 6.58 Å². The van der Waals surface area contributed by atoms with Gasteiger partial charge in [0.25, 0.3) is 0 Å². The fraction of sp³-hybridized carbons (Fsp3) is 0.100. The van der Waals surface area contributed by atoms with Gasteiger partial charge in [-0.3, -0.25) is 0 Å². The van der Waals surface area contributed by atoms with Crippen molar-refractivity contribution in [2.24, 2.45) is 0 Å². The number of aliphatic carboxylic acids is 1. The van der Waals surface area contributed by atoms with E-state index in [1.54, 1.807) is 0 Å². The Bertz CT molecular complexity index is 268. The third-order valence-electron chi connectivity index (χ3n) is 1.14. The van der Waals surface area contributed by atoms with Crippen molar-refractivity contribution in [1.82, 2.24) is 0 Å². The average molecular weight is 282 g/mol. The molecule has 0 amide bonds. The van der Waals surface area contributed by atoms with Crippen LogP contribution in [0.5, 0.6) is 0 Å². The minimum absolute atomic E-state index is 0.176. The number of carboxylic acids is 1. The number of rotatable bonds is 1. The summed E-state index contributed by atoms with van der Waals surface area (Å²) in [4.78, 5) is 9.60. The molecule has 67 valence electrons. The molecule has 2 nitrogen and oxygen atoms in total. The third kappa shape index (κ3) is 7.58. The molecule has 0 saturated heterocycles. The first-order valence-electron chi connectivity index (χ1n) is 3.69. The molecule has 0 unspecified atom stereocenters. The van der Waals surface area contributed by atoms with E-state index in [1.165, 1.54) is 33.0 Å². The summed E-state index contributed by atoms with van der Waals surface area (Å²) in [7, 11) is 0. The van der Waals surface area contributed by atoms with Crippen molar-refractivity contribution >= 4 is 32.1 Å². The summed E-state index contributed by atoms with van der Waals surface area (Å²) in [5.74, 6) is -0.935. The topological polar surface area (TPSA) is 37.3 Å². The van der Waals surface area contributed by atoms with Crippen molar-refractivity contribution in [1.29, 1.82) is 0 Å². The van der Waals surface area contributed by atoms with Gasteiger partial charge in [0.05, 0.1) is 0 Å². The van der Waals surface area contributed by atoms with E-state index in [-0.39, 0.29) is 5.57 Å². The Hall–Kier alpha value is -0.771. The van der Waals surface area contributed by atoms with Gasteiger partial charge in [0.2, 0.25) is 0 Å². The Balaban J connectivity index is 0.000000226. The quantitative estimate of drug-likeness (QED) is 0.619. The van der Waals surface area contributed by atoms with Crippen LogP contribution in [0.15, 0.2) is 42.5 Å². The van der Waals surface area contributed by atoms with Gasteiger partial charge >= 0.3 is 62.4 Å². The molecular weight excluding hydrogens is 271 g/mol. The predicted octanol–water partition coefficient (Wildman–Crippen LogP) is 1.13. The van der Waals surface area contributed by atoms with Gasteiger partial charge in [-0.25, -0.2) is 4.79 Å². The molecule has 1 N–H and O–H groups in total. The van der Waals surface area contributed by atoms with Gasteiger partial charge in [0, 0.05) is 5.57 Å². The zero-order valence-corrected chi connectivity index (χ0v) is 10.3. The van der Waals surface area contributed by atoms with Gasteiger partial charge in [0.15, 0.2) is 0 Å². The molecule has 0 saturated carbocycles. The molecule has 1 rings (SSSR count). The second kappa shape index (κ2) is 6.71. The van der Waals surface area contributed by atoms with Crippen LogP contribution >= 0.6 is 0 Å². The molecule has 0 aliphatic rings. The van der Waals surface area contributed by atoms with Gasteiger partial charge in [-0.15, -0.1) is 0 Å². The molecule has 0 heterocycles. The summed E-state index contributed by atoms with van der Waals surface area (Å²) in [5.41, 5.74) is 0.176. The number of carboxylic acid groups (broad SMARTS) is 1. The van der Waals surface area contributed by atoms with E-state index < -0.39 is 5.97 Å². The van der Waals surface area contributed by atoms with Crippen LogP contribution in [0, 0.1) is 0 Å².